The van der Waals surface area contributed by atoms with Crippen LogP contribution >= 0.6 is 0 Å². The van der Waals surface area contributed by atoms with Crippen molar-refractivity contribution in [2.75, 3.05) is 24.6 Å². The summed E-state index contributed by atoms with van der Waals surface area (Å²) < 4.78 is 5.17. The highest BCUT2D eigenvalue weighted by Gasteiger charge is 2.25. The molecule has 1 aromatic rings. The summed E-state index contributed by atoms with van der Waals surface area (Å²) in [5.41, 5.74) is 0.560. The van der Waals surface area contributed by atoms with Crippen molar-refractivity contribution in [1.82, 2.24) is 5.32 Å². The second-order valence-corrected chi connectivity index (χ2v) is 7.29. The predicted octanol–water partition coefficient (Wildman–Crippen LogP) is 3.29. The van der Waals surface area contributed by atoms with Gasteiger partial charge in [0.05, 0.1) is 16.2 Å². The van der Waals surface area contributed by atoms with Crippen LogP contribution in [0.1, 0.15) is 56.8 Å². The Morgan fingerprint density at radius 1 is 1.29 bits per heavy atom. The molecular formula is C20H29N3O5. The first-order valence-electron chi connectivity index (χ1n) is 9.85. The Labute approximate surface area is 165 Å². The van der Waals surface area contributed by atoms with Crippen molar-refractivity contribution in [2.24, 2.45) is 5.92 Å². The summed E-state index contributed by atoms with van der Waals surface area (Å²) in [6.45, 7) is 7.25. The zero-order valence-electron chi connectivity index (χ0n) is 16.8. The number of piperidine rings is 1. The molecule has 154 valence electrons. The Balaban J connectivity index is 2.14. The maximum atomic E-state index is 12.6. The predicted molar refractivity (Wildman–Crippen MR) is 107 cm³/mol. The van der Waals surface area contributed by atoms with Gasteiger partial charge in [-0.05, 0) is 37.7 Å². The van der Waals surface area contributed by atoms with Gasteiger partial charge in [-0.25, -0.2) is 4.79 Å². The third-order valence-electron chi connectivity index (χ3n) is 5.22. The quantitative estimate of drug-likeness (QED) is 0.414. The summed E-state index contributed by atoms with van der Waals surface area (Å²) in [5.74, 6) is -0.490. The summed E-state index contributed by atoms with van der Waals surface area (Å²) in [6.07, 6.45) is 3.56. The third-order valence-corrected chi connectivity index (χ3v) is 5.22. The van der Waals surface area contributed by atoms with Gasteiger partial charge in [0.15, 0.2) is 6.61 Å². The number of rotatable bonds is 8. The molecule has 0 radical (unpaired) electrons. The fraction of sp³-hybridized carbons (Fsp3) is 0.600. The van der Waals surface area contributed by atoms with Gasteiger partial charge in [-0.3, -0.25) is 14.9 Å². The highest BCUT2D eigenvalue weighted by atomic mass is 16.6. The van der Waals surface area contributed by atoms with E-state index in [1.165, 1.54) is 12.1 Å². The summed E-state index contributed by atoms with van der Waals surface area (Å²) >= 11 is 0. The number of hydrogen-bond donors (Lipinski definition) is 1. The number of carbonyl (C=O) groups is 2. The fourth-order valence-electron chi connectivity index (χ4n) is 3.30. The summed E-state index contributed by atoms with van der Waals surface area (Å²) in [4.78, 5) is 37.3. The van der Waals surface area contributed by atoms with Crippen LogP contribution in [0.3, 0.4) is 0 Å². The van der Waals surface area contributed by atoms with Gasteiger partial charge in [0.2, 0.25) is 0 Å². The highest BCUT2D eigenvalue weighted by molar-refractivity contribution is 5.97. The van der Waals surface area contributed by atoms with Gasteiger partial charge >= 0.3 is 5.97 Å². The van der Waals surface area contributed by atoms with Crippen molar-refractivity contribution in [3.8, 4) is 0 Å². The van der Waals surface area contributed by atoms with Crippen LogP contribution in [-0.4, -0.2) is 42.5 Å². The van der Waals surface area contributed by atoms with Crippen LogP contribution < -0.4 is 10.2 Å². The number of nitro groups is 1. The van der Waals surface area contributed by atoms with Crippen molar-refractivity contribution in [2.45, 2.75) is 52.5 Å². The fourth-order valence-corrected chi connectivity index (χ4v) is 3.30. The van der Waals surface area contributed by atoms with Crippen LogP contribution in [0.5, 0.6) is 0 Å². The van der Waals surface area contributed by atoms with Crippen LogP contribution in [0.2, 0.25) is 0 Å². The Morgan fingerprint density at radius 3 is 2.50 bits per heavy atom. The smallest absolute Gasteiger partial charge is 0.341 e. The third kappa shape index (κ3) is 5.68. The molecule has 0 unspecified atom stereocenters. The molecule has 8 heteroatoms. The lowest BCUT2D eigenvalue weighted by atomic mass is 9.98. The van der Waals surface area contributed by atoms with E-state index in [1.807, 2.05) is 18.7 Å². The standard InChI is InChI=1S/C20H29N3O5/c1-4-15(5-2)21-19(24)13-28-20(25)17-12-16(23(26)27)6-7-18(17)22-10-8-14(3)9-11-22/h6-7,12,14-15H,4-5,8-11,13H2,1-3H3,(H,21,24). The monoisotopic (exact) mass is 391 g/mol. The molecule has 0 aromatic heterocycles. The molecule has 2 rings (SSSR count). The van der Waals surface area contributed by atoms with Crippen LogP contribution in [0.4, 0.5) is 11.4 Å². The van der Waals surface area contributed by atoms with Crippen LogP contribution in [-0.2, 0) is 9.53 Å². The average molecular weight is 391 g/mol. The minimum absolute atomic E-state index is 0.0370. The lowest BCUT2D eigenvalue weighted by Crippen LogP contribution is -2.37. The zero-order chi connectivity index (χ0) is 20.7. The van der Waals surface area contributed by atoms with E-state index in [9.17, 15) is 19.7 Å². The van der Waals surface area contributed by atoms with E-state index in [0.29, 0.717) is 11.6 Å². The molecule has 0 bridgehead atoms. The van der Waals surface area contributed by atoms with Gasteiger partial charge in [0.1, 0.15) is 0 Å². The van der Waals surface area contributed by atoms with Crippen molar-refractivity contribution in [3.63, 3.8) is 0 Å². The molecule has 0 atom stereocenters. The van der Waals surface area contributed by atoms with E-state index in [4.69, 9.17) is 4.74 Å². The minimum Gasteiger partial charge on any atom is -0.452 e. The Morgan fingerprint density at radius 2 is 1.93 bits per heavy atom. The number of anilines is 1. The average Bonchev–Trinajstić information content (AvgIpc) is 2.70. The van der Waals surface area contributed by atoms with Gasteiger partial charge < -0.3 is 15.0 Å². The normalized spacial score (nSPS) is 14.8. The van der Waals surface area contributed by atoms with E-state index in [1.54, 1.807) is 6.07 Å². The molecular weight excluding hydrogens is 362 g/mol. The number of nitrogens with one attached hydrogen (secondary N) is 1. The van der Waals surface area contributed by atoms with Crippen LogP contribution in [0.15, 0.2) is 18.2 Å². The molecule has 8 nitrogen and oxygen atoms in total. The Kier molecular flexibility index (Phi) is 7.78. The molecule has 1 saturated heterocycles. The number of nitrogens with zero attached hydrogens (tertiary/aromatic N) is 2. The number of benzene rings is 1. The Hall–Kier alpha value is -2.64. The van der Waals surface area contributed by atoms with E-state index >= 15 is 0 Å². The van der Waals surface area contributed by atoms with Crippen LogP contribution in [0, 0.1) is 16.0 Å². The molecule has 28 heavy (non-hydrogen) atoms. The molecule has 1 fully saturated rings. The minimum atomic E-state index is -0.725. The van der Waals surface area contributed by atoms with Gasteiger partial charge in [-0.2, -0.15) is 0 Å². The first-order valence-corrected chi connectivity index (χ1v) is 9.85. The van der Waals surface area contributed by atoms with Gasteiger partial charge in [-0.15, -0.1) is 0 Å². The summed E-state index contributed by atoms with van der Waals surface area (Å²) in [5, 5.41) is 13.9. The highest BCUT2D eigenvalue weighted by Crippen LogP contribution is 2.29. The molecule has 1 heterocycles. The number of amides is 1. The van der Waals surface area contributed by atoms with Crippen molar-refractivity contribution >= 4 is 23.3 Å². The zero-order valence-corrected chi connectivity index (χ0v) is 16.8. The molecule has 0 spiro atoms. The topological polar surface area (TPSA) is 102 Å². The summed E-state index contributed by atoms with van der Waals surface area (Å²) in [6, 6.07) is 4.25. The SMILES string of the molecule is CCC(CC)NC(=O)COC(=O)c1cc([N+](=O)[O-])ccc1N1CCC(C)CC1. The lowest BCUT2D eigenvalue weighted by Gasteiger charge is -2.33. The summed E-state index contributed by atoms with van der Waals surface area (Å²) in [7, 11) is 0. The molecule has 1 aliphatic heterocycles. The first kappa shape index (κ1) is 21.7. The number of esters is 1. The van der Waals surface area contributed by atoms with E-state index < -0.39 is 17.5 Å². The molecule has 1 aliphatic rings. The number of hydrogen-bond acceptors (Lipinski definition) is 6. The van der Waals surface area contributed by atoms with Crippen molar-refractivity contribution in [3.05, 3.63) is 33.9 Å². The van der Waals surface area contributed by atoms with E-state index in [2.05, 4.69) is 12.2 Å². The molecule has 1 N–H and O–H groups in total. The van der Waals surface area contributed by atoms with Crippen molar-refractivity contribution in [1.29, 1.82) is 0 Å². The van der Waals surface area contributed by atoms with Crippen molar-refractivity contribution < 1.29 is 19.2 Å². The van der Waals surface area contributed by atoms with Crippen LogP contribution in [0.25, 0.3) is 0 Å². The largest absolute Gasteiger partial charge is 0.452 e. The second-order valence-electron chi connectivity index (χ2n) is 7.29. The van der Waals surface area contributed by atoms with Gasteiger partial charge in [-0.1, -0.05) is 20.8 Å². The Bertz CT molecular complexity index is 710. The van der Waals surface area contributed by atoms with E-state index in [0.717, 1.165) is 38.8 Å². The number of nitro benzene ring substituents is 1. The first-order chi connectivity index (χ1) is 13.3. The molecule has 1 amide bonds. The molecule has 0 saturated carbocycles. The maximum Gasteiger partial charge on any atom is 0.341 e. The van der Waals surface area contributed by atoms with Gasteiger partial charge in [0, 0.05) is 31.3 Å². The van der Waals surface area contributed by atoms with Gasteiger partial charge in [0.25, 0.3) is 11.6 Å². The molecule has 1 aromatic carbocycles. The second kappa shape index (κ2) is 10.1. The van der Waals surface area contributed by atoms with E-state index in [-0.39, 0.29) is 23.2 Å². The lowest BCUT2D eigenvalue weighted by molar-refractivity contribution is -0.384. The maximum absolute atomic E-state index is 12.6. The number of carbonyl (C=O) groups excluding carboxylic acids is 2. The number of non-ortho nitro benzene ring substituents is 1. The number of ether oxygens (including phenoxy) is 1. The molecule has 0 aliphatic carbocycles.